The van der Waals surface area contributed by atoms with Crippen molar-refractivity contribution in [2.45, 2.75) is 30.0 Å². The van der Waals surface area contributed by atoms with Crippen molar-refractivity contribution in [3.05, 3.63) is 17.0 Å². The predicted molar refractivity (Wildman–Crippen MR) is 63.6 cm³/mol. The molecule has 0 radical (unpaired) electrons. The summed E-state index contributed by atoms with van der Waals surface area (Å²) >= 11 is 1.17. The summed E-state index contributed by atoms with van der Waals surface area (Å²) in [6, 6.07) is 3.12. The Morgan fingerprint density at radius 3 is 2.59 bits per heavy atom. The first-order valence-electron chi connectivity index (χ1n) is 5.21. The van der Waals surface area contributed by atoms with Crippen LogP contribution in [0.2, 0.25) is 0 Å². The lowest BCUT2D eigenvalue weighted by Crippen LogP contribution is -2.37. The van der Waals surface area contributed by atoms with Crippen molar-refractivity contribution in [2.24, 2.45) is 0 Å². The van der Waals surface area contributed by atoms with E-state index in [4.69, 9.17) is 5.11 Å². The predicted octanol–water partition coefficient (Wildman–Crippen LogP) is 1.29. The number of aliphatic carboxylic acids is 1. The van der Waals surface area contributed by atoms with Crippen molar-refractivity contribution >= 4 is 27.3 Å². The van der Waals surface area contributed by atoms with Crippen LogP contribution in [0.3, 0.4) is 0 Å². The van der Waals surface area contributed by atoms with Crippen LogP contribution in [0.5, 0.6) is 0 Å². The van der Waals surface area contributed by atoms with Crippen molar-refractivity contribution in [1.82, 2.24) is 4.31 Å². The average molecular weight is 275 g/mol. The molecule has 0 aliphatic heterocycles. The van der Waals surface area contributed by atoms with Gasteiger partial charge < -0.3 is 5.11 Å². The van der Waals surface area contributed by atoms with Gasteiger partial charge >= 0.3 is 5.97 Å². The molecule has 1 N–H and O–H groups in total. The molecular weight excluding hydrogens is 262 g/mol. The monoisotopic (exact) mass is 275 g/mol. The highest BCUT2D eigenvalue weighted by molar-refractivity contribution is 7.91. The van der Waals surface area contributed by atoms with E-state index in [0.717, 1.165) is 22.0 Å². The molecular formula is C10H13NO4S2. The topological polar surface area (TPSA) is 74.7 Å². The van der Waals surface area contributed by atoms with Crippen molar-refractivity contribution < 1.29 is 18.3 Å². The van der Waals surface area contributed by atoms with Crippen molar-refractivity contribution in [3.63, 3.8) is 0 Å². The molecule has 1 heterocycles. The smallest absolute Gasteiger partial charge is 0.318 e. The van der Waals surface area contributed by atoms with Gasteiger partial charge in [0.2, 0.25) is 0 Å². The molecule has 2 rings (SSSR count). The lowest BCUT2D eigenvalue weighted by Gasteiger charge is -2.18. The van der Waals surface area contributed by atoms with Gasteiger partial charge in [0.15, 0.2) is 0 Å². The Morgan fingerprint density at radius 2 is 2.18 bits per heavy atom. The van der Waals surface area contributed by atoms with Gasteiger partial charge in [0.25, 0.3) is 10.0 Å². The maximum absolute atomic E-state index is 12.2. The van der Waals surface area contributed by atoms with Gasteiger partial charge in [0.05, 0.1) is 0 Å². The molecule has 0 atom stereocenters. The lowest BCUT2D eigenvalue weighted by atomic mass is 10.5. The third kappa shape index (κ3) is 2.67. The Balaban J connectivity index is 2.31. The molecule has 7 heteroatoms. The summed E-state index contributed by atoms with van der Waals surface area (Å²) < 4.78 is 25.8. The fourth-order valence-electron chi connectivity index (χ4n) is 1.57. The van der Waals surface area contributed by atoms with Crippen LogP contribution in [0.4, 0.5) is 0 Å². The van der Waals surface area contributed by atoms with Crippen LogP contribution in [0, 0.1) is 6.92 Å². The molecule has 5 nitrogen and oxygen atoms in total. The summed E-state index contributed by atoms with van der Waals surface area (Å²) in [6.45, 7) is 1.37. The molecule has 1 aliphatic rings. The van der Waals surface area contributed by atoms with Gasteiger partial charge in [0.1, 0.15) is 10.8 Å². The third-order valence-corrected chi connectivity index (χ3v) is 5.89. The van der Waals surface area contributed by atoms with E-state index in [1.165, 1.54) is 17.4 Å². The summed E-state index contributed by atoms with van der Waals surface area (Å²) in [6.07, 6.45) is 1.49. The van der Waals surface area contributed by atoms with Crippen molar-refractivity contribution in [2.75, 3.05) is 6.54 Å². The summed E-state index contributed by atoms with van der Waals surface area (Å²) in [7, 11) is -3.64. The number of carbonyl (C=O) groups is 1. The number of sulfonamides is 1. The summed E-state index contributed by atoms with van der Waals surface area (Å²) in [5, 5.41) is 8.77. The Morgan fingerprint density at radius 1 is 1.53 bits per heavy atom. The number of carboxylic acids is 1. The summed E-state index contributed by atoms with van der Waals surface area (Å²) in [4.78, 5) is 11.6. The minimum atomic E-state index is -3.64. The first-order chi connectivity index (χ1) is 7.91. The molecule has 1 aromatic heterocycles. The zero-order valence-corrected chi connectivity index (χ0v) is 10.9. The minimum absolute atomic E-state index is 0.140. The maximum atomic E-state index is 12.2. The molecule has 0 amide bonds. The number of carboxylic acid groups (broad SMARTS) is 1. The number of thiophene rings is 1. The second-order valence-corrected chi connectivity index (χ2v) is 7.45. The van der Waals surface area contributed by atoms with Crippen LogP contribution in [0.1, 0.15) is 17.7 Å². The van der Waals surface area contributed by atoms with E-state index in [9.17, 15) is 13.2 Å². The molecule has 0 saturated heterocycles. The minimum Gasteiger partial charge on any atom is -0.480 e. The van der Waals surface area contributed by atoms with Gasteiger partial charge in [-0.25, -0.2) is 8.42 Å². The molecule has 1 saturated carbocycles. The molecule has 17 heavy (non-hydrogen) atoms. The largest absolute Gasteiger partial charge is 0.480 e. The highest BCUT2D eigenvalue weighted by Crippen LogP contribution is 2.33. The first kappa shape index (κ1) is 12.5. The van der Waals surface area contributed by atoms with Gasteiger partial charge in [-0.05, 0) is 31.9 Å². The van der Waals surface area contributed by atoms with Crippen molar-refractivity contribution in [3.8, 4) is 0 Å². The Kier molecular flexibility index (Phi) is 3.24. The zero-order valence-electron chi connectivity index (χ0n) is 9.29. The van der Waals surface area contributed by atoms with Crippen LogP contribution in [-0.4, -0.2) is 36.4 Å². The van der Waals surface area contributed by atoms with Crippen LogP contribution in [-0.2, 0) is 14.8 Å². The van der Waals surface area contributed by atoms with Gasteiger partial charge in [-0.2, -0.15) is 4.31 Å². The number of hydrogen-bond acceptors (Lipinski definition) is 4. The van der Waals surface area contributed by atoms with Gasteiger partial charge in [-0.15, -0.1) is 11.3 Å². The van der Waals surface area contributed by atoms with Crippen molar-refractivity contribution in [1.29, 1.82) is 0 Å². The van der Waals surface area contributed by atoms with E-state index < -0.39 is 22.5 Å². The molecule has 94 valence electrons. The third-order valence-electron chi connectivity index (χ3n) is 2.52. The van der Waals surface area contributed by atoms with E-state index in [1.54, 1.807) is 6.07 Å². The number of nitrogens with zero attached hydrogens (tertiary/aromatic N) is 1. The second kappa shape index (κ2) is 4.40. The molecule has 1 aromatic rings. The number of hydrogen-bond donors (Lipinski definition) is 1. The lowest BCUT2D eigenvalue weighted by molar-refractivity contribution is -0.137. The molecule has 0 aromatic carbocycles. The first-order valence-corrected chi connectivity index (χ1v) is 7.47. The average Bonchev–Trinajstić information content (AvgIpc) is 2.96. The summed E-state index contributed by atoms with van der Waals surface area (Å²) in [5.74, 6) is -1.12. The van der Waals surface area contributed by atoms with E-state index in [-0.39, 0.29) is 10.3 Å². The fourth-order valence-corrected chi connectivity index (χ4v) is 4.62. The van der Waals surface area contributed by atoms with Gasteiger partial charge in [0, 0.05) is 10.9 Å². The highest BCUT2D eigenvalue weighted by Gasteiger charge is 2.39. The van der Waals surface area contributed by atoms with Crippen LogP contribution in [0.15, 0.2) is 16.3 Å². The van der Waals surface area contributed by atoms with E-state index in [2.05, 4.69) is 0 Å². The normalized spacial score (nSPS) is 16.4. The Labute approximate surface area is 104 Å². The molecule has 0 unspecified atom stereocenters. The second-order valence-electron chi connectivity index (χ2n) is 4.04. The summed E-state index contributed by atoms with van der Waals surface area (Å²) in [5.41, 5.74) is 0. The van der Waals surface area contributed by atoms with E-state index >= 15 is 0 Å². The Hall–Kier alpha value is -0.920. The molecule has 1 fully saturated rings. The maximum Gasteiger partial charge on any atom is 0.318 e. The standard InChI is InChI=1S/C10H13NO4S2/c1-7-2-5-10(16-7)17(14,15)11(6-9(12)13)8-3-4-8/h2,5,8H,3-4,6H2,1H3,(H,12,13). The van der Waals surface area contributed by atoms with Crippen LogP contribution in [0.25, 0.3) is 0 Å². The highest BCUT2D eigenvalue weighted by atomic mass is 32.2. The zero-order chi connectivity index (χ0) is 12.6. The molecule has 0 spiro atoms. The molecule has 1 aliphatic carbocycles. The SMILES string of the molecule is Cc1ccc(S(=O)(=O)N(CC(=O)O)C2CC2)s1. The Bertz CT molecular complexity index is 530. The van der Waals surface area contributed by atoms with E-state index in [1.807, 2.05) is 6.92 Å². The number of aryl methyl sites for hydroxylation is 1. The van der Waals surface area contributed by atoms with Gasteiger partial charge in [-0.3, -0.25) is 4.79 Å². The van der Waals surface area contributed by atoms with E-state index in [0.29, 0.717) is 0 Å². The molecule has 0 bridgehead atoms. The van der Waals surface area contributed by atoms with Crippen LogP contribution >= 0.6 is 11.3 Å². The fraction of sp³-hybridized carbons (Fsp3) is 0.500. The van der Waals surface area contributed by atoms with Crippen LogP contribution < -0.4 is 0 Å². The van der Waals surface area contributed by atoms with Gasteiger partial charge in [-0.1, -0.05) is 0 Å². The number of rotatable bonds is 5. The quantitative estimate of drug-likeness (QED) is 0.878.